The van der Waals surface area contributed by atoms with Gasteiger partial charge < -0.3 is 19.8 Å². The number of likely N-dealkylation sites (tertiary alicyclic amines) is 1. The first kappa shape index (κ1) is 18.2. The predicted octanol–water partition coefficient (Wildman–Crippen LogP) is 3.16. The molecule has 1 saturated heterocycles. The molecule has 1 fully saturated rings. The fourth-order valence-corrected chi connectivity index (χ4v) is 3.14. The van der Waals surface area contributed by atoms with Crippen molar-refractivity contribution >= 4 is 22.0 Å². The highest BCUT2D eigenvalue weighted by Gasteiger charge is 2.38. The second-order valence-electron chi connectivity index (χ2n) is 6.96. The lowest BCUT2D eigenvalue weighted by atomic mass is 9.82. The van der Waals surface area contributed by atoms with Crippen molar-refractivity contribution in [3.05, 3.63) is 33.8 Å². The molecular formula is C17H24BrNO4. The number of piperidine rings is 1. The Morgan fingerprint density at radius 2 is 1.96 bits per heavy atom. The van der Waals surface area contributed by atoms with Gasteiger partial charge >= 0.3 is 6.09 Å². The Morgan fingerprint density at radius 1 is 1.35 bits per heavy atom. The van der Waals surface area contributed by atoms with E-state index in [1.54, 1.807) is 11.0 Å². The normalized spacial score (nSPS) is 17.9. The van der Waals surface area contributed by atoms with Crippen LogP contribution in [0.15, 0.2) is 22.7 Å². The number of hydrogen-bond acceptors (Lipinski definition) is 4. The summed E-state index contributed by atoms with van der Waals surface area (Å²) in [6.45, 7) is 6.22. The summed E-state index contributed by atoms with van der Waals surface area (Å²) in [6, 6.07) is 5.49. The first-order valence-electron chi connectivity index (χ1n) is 7.75. The monoisotopic (exact) mass is 385 g/mol. The van der Waals surface area contributed by atoms with Gasteiger partial charge in [0, 0.05) is 17.6 Å². The summed E-state index contributed by atoms with van der Waals surface area (Å²) in [5, 5.41) is 20.5. The highest BCUT2D eigenvalue weighted by atomic mass is 79.9. The Bertz CT molecular complexity index is 574. The molecule has 1 aromatic carbocycles. The molecule has 1 heterocycles. The Morgan fingerprint density at radius 3 is 2.48 bits per heavy atom. The lowest BCUT2D eigenvalue weighted by Crippen LogP contribution is -2.47. The van der Waals surface area contributed by atoms with E-state index in [1.165, 1.54) is 0 Å². The van der Waals surface area contributed by atoms with Gasteiger partial charge in [-0.2, -0.15) is 0 Å². The molecule has 1 aliphatic rings. The van der Waals surface area contributed by atoms with Crippen molar-refractivity contribution < 1.29 is 19.7 Å². The van der Waals surface area contributed by atoms with Crippen molar-refractivity contribution in [2.24, 2.45) is 0 Å². The average Bonchev–Trinajstić information content (AvgIpc) is 2.46. The van der Waals surface area contributed by atoms with Gasteiger partial charge in [-0.3, -0.25) is 0 Å². The van der Waals surface area contributed by atoms with Crippen molar-refractivity contribution in [2.75, 3.05) is 13.1 Å². The van der Waals surface area contributed by atoms with Crippen LogP contribution >= 0.6 is 15.9 Å². The zero-order valence-electron chi connectivity index (χ0n) is 13.8. The zero-order valence-corrected chi connectivity index (χ0v) is 15.4. The standard InChI is InChI=1S/C17H24BrNO4/c1-16(2,3)23-15(21)19-8-6-17(22,7-9-19)14-10-13(18)5-4-12(14)11-20/h4-5,10,20,22H,6-9,11H2,1-3H3. The van der Waals surface area contributed by atoms with Crippen LogP contribution in [-0.4, -0.2) is 39.9 Å². The minimum atomic E-state index is -1.04. The van der Waals surface area contributed by atoms with Crippen molar-refractivity contribution in [2.45, 2.75) is 51.4 Å². The number of amides is 1. The van der Waals surface area contributed by atoms with E-state index in [4.69, 9.17) is 4.74 Å². The lowest BCUT2D eigenvalue weighted by molar-refractivity contribution is -0.0366. The number of carbonyl (C=O) groups is 1. The summed E-state index contributed by atoms with van der Waals surface area (Å²) in [7, 11) is 0. The SMILES string of the molecule is CC(C)(C)OC(=O)N1CCC(O)(c2cc(Br)ccc2CO)CC1. The third kappa shape index (κ3) is 4.46. The molecule has 0 aliphatic carbocycles. The Labute approximate surface area is 145 Å². The van der Waals surface area contributed by atoms with E-state index in [1.807, 2.05) is 32.9 Å². The Kier molecular flexibility index (Phi) is 5.38. The topological polar surface area (TPSA) is 70.0 Å². The number of aliphatic hydroxyl groups is 2. The molecule has 2 N–H and O–H groups in total. The summed E-state index contributed by atoms with van der Waals surface area (Å²) >= 11 is 3.41. The second-order valence-corrected chi connectivity index (χ2v) is 7.87. The third-order valence-corrected chi connectivity index (χ3v) is 4.48. The smallest absolute Gasteiger partial charge is 0.410 e. The molecule has 1 aliphatic heterocycles. The van der Waals surface area contributed by atoms with Crippen molar-refractivity contribution in [3.8, 4) is 0 Å². The van der Waals surface area contributed by atoms with E-state index in [-0.39, 0.29) is 12.7 Å². The lowest BCUT2D eigenvalue weighted by Gasteiger charge is -2.39. The van der Waals surface area contributed by atoms with Crippen molar-refractivity contribution in [3.63, 3.8) is 0 Å². The summed E-state index contributed by atoms with van der Waals surface area (Å²) < 4.78 is 6.23. The van der Waals surface area contributed by atoms with Crippen LogP contribution in [0.2, 0.25) is 0 Å². The Hall–Kier alpha value is -1.11. The first-order valence-corrected chi connectivity index (χ1v) is 8.54. The predicted molar refractivity (Wildman–Crippen MR) is 91.0 cm³/mol. The largest absolute Gasteiger partial charge is 0.444 e. The number of nitrogens with zero attached hydrogens (tertiary/aromatic N) is 1. The molecule has 23 heavy (non-hydrogen) atoms. The Balaban J connectivity index is 2.11. The maximum atomic E-state index is 12.1. The molecule has 1 amide bonds. The van der Waals surface area contributed by atoms with Gasteiger partial charge in [0.15, 0.2) is 0 Å². The van der Waals surface area contributed by atoms with Crippen molar-refractivity contribution in [1.29, 1.82) is 0 Å². The maximum Gasteiger partial charge on any atom is 0.410 e. The summed E-state index contributed by atoms with van der Waals surface area (Å²) in [5.41, 5.74) is -0.140. The minimum Gasteiger partial charge on any atom is -0.444 e. The molecule has 128 valence electrons. The molecule has 2 rings (SSSR count). The summed E-state index contributed by atoms with van der Waals surface area (Å²) in [5.74, 6) is 0. The van der Waals surface area contributed by atoms with E-state index < -0.39 is 11.2 Å². The van der Waals surface area contributed by atoms with Crippen LogP contribution in [0.25, 0.3) is 0 Å². The van der Waals surface area contributed by atoms with E-state index in [0.29, 0.717) is 31.5 Å². The quantitative estimate of drug-likeness (QED) is 0.819. The van der Waals surface area contributed by atoms with Crippen LogP contribution < -0.4 is 0 Å². The summed E-state index contributed by atoms with van der Waals surface area (Å²) in [4.78, 5) is 13.7. The van der Waals surface area contributed by atoms with E-state index >= 15 is 0 Å². The van der Waals surface area contributed by atoms with E-state index in [9.17, 15) is 15.0 Å². The van der Waals surface area contributed by atoms with Gasteiger partial charge in [-0.25, -0.2) is 4.79 Å². The van der Waals surface area contributed by atoms with Crippen LogP contribution in [0, 0.1) is 0 Å². The van der Waals surface area contributed by atoms with Gasteiger partial charge in [0.1, 0.15) is 5.60 Å². The molecule has 0 unspecified atom stereocenters. The number of hydrogen-bond donors (Lipinski definition) is 2. The molecule has 6 heteroatoms. The van der Waals surface area contributed by atoms with Gasteiger partial charge in [0.05, 0.1) is 12.2 Å². The van der Waals surface area contributed by atoms with Gasteiger partial charge in [-0.05, 0) is 56.9 Å². The highest BCUT2D eigenvalue weighted by Crippen LogP contribution is 2.36. The van der Waals surface area contributed by atoms with E-state index in [2.05, 4.69) is 15.9 Å². The number of ether oxygens (including phenoxy) is 1. The van der Waals surface area contributed by atoms with Crippen LogP contribution in [-0.2, 0) is 16.9 Å². The minimum absolute atomic E-state index is 0.124. The van der Waals surface area contributed by atoms with Gasteiger partial charge in [0.25, 0.3) is 0 Å². The van der Waals surface area contributed by atoms with Crippen LogP contribution in [0.4, 0.5) is 4.79 Å². The first-order chi connectivity index (χ1) is 10.6. The molecule has 0 spiro atoms. The second kappa shape index (κ2) is 6.79. The van der Waals surface area contributed by atoms with Gasteiger partial charge in [-0.1, -0.05) is 22.0 Å². The number of halogens is 1. The molecule has 0 aromatic heterocycles. The van der Waals surface area contributed by atoms with Crippen molar-refractivity contribution in [1.82, 2.24) is 4.90 Å². The summed E-state index contributed by atoms with van der Waals surface area (Å²) in [6.07, 6.45) is 0.474. The number of carbonyl (C=O) groups excluding carboxylic acids is 1. The molecule has 0 radical (unpaired) electrons. The molecule has 1 aromatic rings. The van der Waals surface area contributed by atoms with E-state index in [0.717, 1.165) is 10.0 Å². The van der Waals surface area contributed by atoms with Crippen LogP contribution in [0.5, 0.6) is 0 Å². The fourth-order valence-electron chi connectivity index (χ4n) is 2.77. The number of rotatable bonds is 2. The van der Waals surface area contributed by atoms with Crippen LogP contribution in [0.3, 0.4) is 0 Å². The molecule has 0 saturated carbocycles. The zero-order chi connectivity index (χ0) is 17.3. The van der Waals surface area contributed by atoms with Gasteiger partial charge in [0.2, 0.25) is 0 Å². The number of benzene rings is 1. The highest BCUT2D eigenvalue weighted by molar-refractivity contribution is 9.10. The fraction of sp³-hybridized carbons (Fsp3) is 0.588. The molecule has 0 atom stereocenters. The average molecular weight is 386 g/mol. The molecule has 5 nitrogen and oxygen atoms in total. The number of aliphatic hydroxyl groups excluding tert-OH is 1. The maximum absolute atomic E-state index is 12.1. The molecular weight excluding hydrogens is 362 g/mol. The third-order valence-electron chi connectivity index (χ3n) is 3.99. The van der Waals surface area contributed by atoms with Crippen LogP contribution in [0.1, 0.15) is 44.7 Å². The van der Waals surface area contributed by atoms with Gasteiger partial charge in [-0.15, -0.1) is 0 Å². The molecule has 0 bridgehead atoms.